The summed E-state index contributed by atoms with van der Waals surface area (Å²) in [6.45, 7) is 5.84. The average molecular weight is 449 g/mol. The van der Waals surface area contributed by atoms with E-state index in [0.717, 1.165) is 34.6 Å². The zero-order valence-corrected chi connectivity index (χ0v) is 19.9. The van der Waals surface area contributed by atoms with Crippen LogP contribution in [-0.4, -0.2) is 69.6 Å². The lowest BCUT2D eigenvalue weighted by molar-refractivity contribution is 0.0726. The smallest absolute Gasteiger partial charge is 0.274 e. The van der Waals surface area contributed by atoms with Gasteiger partial charge in [0.25, 0.3) is 5.91 Å². The van der Waals surface area contributed by atoms with Gasteiger partial charge in [0.15, 0.2) is 0 Å². The number of rotatable bonds is 8. The molecule has 0 aliphatic carbocycles. The molecular weight excluding hydrogens is 416 g/mol. The van der Waals surface area contributed by atoms with Gasteiger partial charge in [0, 0.05) is 49.4 Å². The zero-order valence-electron chi connectivity index (χ0n) is 19.9. The van der Waals surface area contributed by atoms with Gasteiger partial charge >= 0.3 is 0 Å². The highest BCUT2D eigenvalue weighted by molar-refractivity contribution is 5.93. The standard InChI is InChI=1S/C23H26N6O2.C2H6/c1-27(2)9-10-28(14-17-5-4-6-20(11-17)31-3)23(30)21-16-29-15-18(7-8-22(29)26-21)19-12-24-25-13-19;1-2/h4-8,11-13,15-16H,9-10,14H2,1-3H3,(H,24,25);1-2H3. The number of aromatic amines is 1. The summed E-state index contributed by atoms with van der Waals surface area (Å²) in [6.07, 6.45) is 7.34. The molecule has 0 saturated heterocycles. The summed E-state index contributed by atoms with van der Waals surface area (Å²) in [5.41, 5.74) is 4.14. The fourth-order valence-corrected chi connectivity index (χ4v) is 3.40. The average Bonchev–Trinajstić information content (AvgIpc) is 3.52. The summed E-state index contributed by atoms with van der Waals surface area (Å²) < 4.78 is 7.21. The summed E-state index contributed by atoms with van der Waals surface area (Å²) in [4.78, 5) is 21.8. The highest BCUT2D eigenvalue weighted by Gasteiger charge is 2.20. The van der Waals surface area contributed by atoms with Crippen molar-refractivity contribution in [1.29, 1.82) is 0 Å². The first-order valence-electron chi connectivity index (χ1n) is 11.1. The van der Waals surface area contributed by atoms with E-state index >= 15 is 0 Å². The predicted molar refractivity (Wildman–Crippen MR) is 130 cm³/mol. The van der Waals surface area contributed by atoms with Gasteiger partial charge in [-0.05, 0) is 43.9 Å². The second-order valence-electron chi connectivity index (χ2n) is 7.68. The van der Waals surface area contributed by atoms with Crippen molar-refractivity contribution >= 4 is 11.6 Å². The summed E-state index contributed by atoms with van der Waals surface area (Å²) in [5, 5.41) is 6.82. The first-order valence-corrected chi connectivity index (χ1v) is 11.1. The molecule has 8 heteroatoms. The fourth-order valence-electron chi connectivity index (χ4n) is 3.40. The maximum absolute atomic E-state index is 13.4. The van der Waals surface area contributed by atoms with Crippen LogP contribution < -0.4 is 4.74 Å². The number of carbonyl (C=O) groups is 1. The number of pyridine rings is 1. The Labute approximate surface area is 194 Å². The zero-order chi connectivity index (χ0) is 23.8. The number of fused-ring (bicyclic) bond motifs is 1. The number of amides is 1. The van der Waals surface area contributed by atoms with Gasteiger partial charge in [-0.3, -0.25) is 9.89 Å². The van der Waals surface area contributed by atoms with Crippen LogP contribution in [0.25, 0.3) is 16.8 Å². The molecule has 0 fully saturated rings. The molecule has 8 nitrogen and oxygen atoms in total. The third kappa shape index (κ3) is 5.98. The Balaban J connectivity index is 0.00000149. The summed E-state index contributed by atoms with van der Waals surface area (Å²) in [7, 11) is 5.63. The van der Waals surface area contributed by atoms with Crippen molar-refractivity contribution in [3.8, 4) is 16.9 Å². The number of likely N-dealkylation sites (N-methyl/N-ethyl adjacent to an activating group) is 1. The van der Waals surface area contributed by atoms with Crippen LogP contribution in [-0.2, 0) is 6.54 Å². The van der Waals surface area contributed by atoms with Gasteiger partial charge in [-0.25, -0.2) is 4.98 Å². The lowest BCUT2D eigenvalue weighted by Crippen LogP contribution is -2.36. The molecule has 0 saturated carbocycles. The molecule has 1 aromatic carbocycles. The molecule has 0 unspecified atom stereocenters. The van der Waals surface area contributed by atoms with Gasteiger partial charge in [-0.1, -0.05) is 26.0 Å². The van der Waals surface area contributed by atoms with E-state index in [1.165, 1.54) is 0 Å². The molecule has 3 aromatic heterocycles. The Bertz CT molecular complexity index is 1170. The lowest BCUT2D eigenvalue weighted by Gasteiger charge is -2.24. The minimum atomic E-state index is -0.0989. The molecule has 0 aliphatic rings. The van der Waals surface area contributed by atoms with E-state index in [0.29, 0.717) is 18.8 Å². The van der Waals surface area contributed by atoms with Gasteiger partial charge in [0.2, 0.25) is 0 Å². The van der Waals surface area contributed by atoms with Crippen LogP contribution >= 0.6 is 0 Å². The number of hydrogen-bond acceptors (Lipinski definition) is 5. The van der Waals surface area contributed by atoms with Crippen molar-refractivity contribution in [1.82, 2.24) is 29.4 Å². The number of benzene rings is 1. The molecule has 4 rings (SSSR count). The minimum Gasteiger partial charge on any atom is -0.497 e. The van der Waals surface area contributed by atoms with E-state index in [9.17, 15) is 4.79 Å². The number of H-pyrrole nitrogens is 1. The second kappa shape index (κ2) is 11.3. The quantitative estimate of drug-likeness (QED) is 0.441. The molecule has 0 aliphatic heterocycles. The molecule has 0 atom stereocenters. The molecule has 1 N–H and O–H groups in total. The van der Waals surface area contributed by atoms with E-state index in [-0.39, 0.29) is 5.91 Å². The van der Waals surface area contributed by atoms with Crippen LogP contribution in [0.1, 0.15) is 29.9 Å². The number of aromatic nitrogens is 4. The normalized spacial score (nSPS) is 10.7. The van der Waals surface area contributed by atoms with Crippen molar-refractivity contribution in [3.63, 3.8) is 0 Å². The van der Waals surface area contributed by atoms with E-state index < -0.39 is 0 Å². The Kier molecular flexibility index (Phi) is 8.21. The van der Waals surface area contributed by atoms with E-state index in [4.69, 9.17) is 4.74 Å². The van der Waals surface area contributed by atoms with Crippen molar-refractivity contribution in [2.45, 2.75) is 20.4 Å². The molecule has 174 valence electrons. The number of hydrogen-bond donors (Lipinski definition) is 1. The monoisotopic (exact) mass is 448 g/mol. The van der Waals surface area contributed by atoms with Gasteiger partial charge in [0.1, 0.15) is 17.1 Å². The number of nitrogens with one attached hydrogen (secondary N) is 1. The van der Waals surface area contributed by atoms with Gasteiger partial charge < -0.3 is 18.9 Å². The Morgan fingerprint density at radius 3 is 2.61 bits per heavy atom. The van der Waals surface area contributed by atoms with Crippen LogP contribution in [0.2, 0.25) is 0 Å². The second-order valence-corrected chi connectivity index (χ2v) is 7.68. The third-order valence-corrected chi connectivity index (χ3v) is 5.11. The molecule has 4 aromatic rings. The number of ether oxygens (including phenoxy) is 1. The molecule has 0 bridgehead atoms. The highest BCUT2D eigenvalue weighted by atomic mass is 16.5. The van der Waals surface area contributed by atoms with Crippen molar-refractivity contribution in [2.75, 3.05) is 34.3 Å². The summed E-state index contributed by atoms with van der Waals surface area (Å²) in [5.74, 6) is 0.676. The molecule has 33 heavy (non-hydrogen) atoms. The molecule has 0 radical (unpaired) electrons. The van der Waals surface area contributed by atoms with Gasteiger partial charge in [-0.2, -0.15) is 5.10 Å². The van der Waals surface area contributed by atoms with E-state index in [1.807, 2.05) is 86.0 Å². The number of carbonyl (C=O) groups excluding carboxylic acids is 1. The SMILES string of the molecule is CC.COc1cccc(CN(CCN(C)C)C(=O)c2cn3cc(-c4cn[nH]c4)ccc3n2)c1. The lowest BCUT2D eigenvalue weighted by atomic mass is 10.2. The Morgan fingerprint density at radius 1 is 1.09 bits per heavy atom. The van der Waals surface area contributed by atoms with Crippen LogP contribution in [0.15, 0.2) is 61.2 Å². The van der Waals surface area contributed by atoms with E-state index in [1.54, 1.807) is 19.5 Å². The van der Waals surface area contributed by atoms with Crippen molar-refractivity contribution < 1.29 is 9.53 Å². The highest BCUT2D eigenvalue weighted by Crippen LogP contribution is 2.20. The Morgan fingerprint density at radius 2 is 1.91 bits per heavy atom. The van der Waals surface area contributed by atoms with Gasteiger partial charge in [0.05, 0.1) is 13.3 Å². The van der Waals surface area contributed by atoms with Crippen LogP contribution in [0.5, 0.6) is 5.75 Å². The Hall–Kier alpha value is -3.65. The number of imidazole rings is 1. The largest absolute Gasteiger partial charge is 0.497 e. The molecule has 0 spiro atoms. The van der Waals surface area contributed by atoms with Crippen molar-refractivity contribution in [2.24, 2.45) is 0 Å². The topological polar surface area (TPSA) is 78.8 Å². The van der Waals surface area contributed by atoms with Crippen LogP contribution in [0.4, 0.5) is 0 Å². The van der Waals surface area contributed by atoms with Crippen molar-refractivity contribution in [3.05, 3.63) is 72.4 Å². The summed E-state index contributed by atoms with van der Waals surface area (Å²) >= 11 is 0. The maximum Gasteiger partial charge on any atom is 0.274 e. The minimum absolute atomic E-state index is 0.0989. The molecule has 3 heterocycles. The maximum atomic E-state index is 13.4. The van der Waals surface area contributed by atoms with Crippen LogP contribution in [0.3, 0.4) is 0 Å². The van der Waals surface area contributed by atoms with Crippen LogP contribution in [0, 0.1) is 0 Å². The van der Waals surface area contributed by atoms with E-state index in [2.05, 4.69) is 20.1 Å². The third-order valence-electron chi connectivity index (χ3n) is 5.11. The molecular formula is C25H32N6O2. The first-order chi connectivity index (χ1) is 16.0. The number of nitrogens with zero attached hydrogens (tertiary/aromatic N) is 5. The first kappa shape index (κ1) is 24.0. The fraction of sp³-hybridized carbons (Fsp3) is 0.320. The summed E-state index contributed by atoms with van der Waals surface area (Å²) in [6, 6.07) is 11.7. The molecule has 1 amide bonds. The van der Waals surface area contributed by atoms with Gasteiger partial charge in [-0.15, -0.1) is 0 Å². The number of methoxy groups -OCH3 is 1. The predicted octanol–water partition coefficient (Wildman–Crippen LogP) is 3.96.